The van der Waals surface area contributed by atoms with Crippen molar-refractivity contribution < 1.29 is 4.42 Å². The summed E-state index contributed by atoms with van der Waals surface area (Å²) in [7, 11) is 0. The second-order valence-corrected chi connectivity index (χ2v) is 11.4. The third kappa shape index (κ3) is 3.96. The summed E-state index contributed by atoms with van der Waals surface area (Å²) < 4.78 is 8.69. The number of nitrogens with zero attached hydrogens (tertiary/aromatic N) is 1. The fourth-order valence-electron chi connectivity index (χ4n) is 6.67. The monoisotopic (exact) mass is 561 g/mol. The maximum Gasteiger partial charge on any atom is 0.135 e. The van der Waals surface area contributed by atoms with Crippen molar-refractivity contribution in [3.63, 3.8) is 0 Å². The molecule has 2 heteroatoms. The molecule has 0 radical (unpaired) electrons. The maximum absolute atomic E-state index is 6.33. The molecule has 9 rings (SSSR count). The van der Waals surface area contributed by atoms with Crippen molar-refractivity contribution >= 4 is 43.7 Å². The summed E-state index contributed by atoms with van der Waals surface area (Å²) >= 11 is 0. The molecule has 0 bridgehead atoms. The minimum absolute atomic E-state index is 0.896. The largest absolute Gasteiger partial charge is 0.456 e. The molecule has 2 nitrogen and oxygen atoms in total. The molecule has 0 unspecified atom stereocenters. The predicted octanol–water partition coefficient (Wildman–Crippen LogP) is 11.7. The molecule has 0 aliphatic carbocycles. The second-order valence-electron chi connectivity index (χ2n) is 11.4. The van der Waals surface area contributed by atoms with Gasteiger partial charge in [-0.05, 0) is 88.0 Å². The molecule has 0 saturated heterocycles. The first-order valence-electron chi connectivity index (χ1n) is 15.0. The first-order chi connectivity index (χ1) is 21.8. The van der Waals surface area contributed by atoms with E-state index in [1.54, 1.807) is 0 Å². The molecule has 7 aromatic carbocycles. The fraction of sp³-hybridized carbons (Fsp3) is 0. The Morgan fingerprint density at radius 1 is 0.318 bits per heavy atom. The average Bonchev–Trinajstić information content (AvgIpc) is 3.64. The Bertz CT molecular complexity index is 2440. The normalized spacial score (nSPS) is 11.6. The standard InChI is InChI=1S/C42H27NO/c1-2-10-28(11-3-1)29-12-8-13-30(24-29)31-14-9-15-32(25-31)33-20-22-41-37(26-33)38-27-34(21-23-42(38)44-41)43-39-18-6-4-16-35(39)36-17-5-7-19-40(36)43/h1-27H. The van der Waals surface area contributed by atoms with E-state index in [0.717, 1.165) is 27.6 Å². The van der Waals surface area contributed by atoms with Gasteiger partial charge in [0.05, 0.1) is 11.0 Å². The number of aromatic nitrogens is 1. The number of fused-ring (bicyclic) bond motifs is 6. The Labute approximate surface area is 255 Å². The van der Waals surface area contributed by atoms with Gasteiger partial charge in [-0.25, -0.2) is 0 Å². The molecular weight excluding hydrogens is 534 g/mol. The Hall–Kier alpha value is -5.86. The Morgan fingerprint density at radius 3 is 1.43 bits per heavy atom. The Morgan fingerprint density at radius 2 is 0.795 bits per heavy atom. The van der Waals surface area contributed by atoms with E-state index in [4.69, 9.17) is 4.42 Å². The third-order valence-electron chi connectivity index (χ3n) is 8.79. The molecule has 9 aromatic rings. The molecule has 0 atom stereocenters. The summed E-state index contributed by atoms with van der Waals surface area (Å²) in [6.45, 7) is 0. The Kier molecular flexibility index (Phi) is 5.54. The molecule has 2 aromatic heterocycles. The van der Waals surface area contributed by atoms with Gasteiger partial charge in [-0.15, -0.1) is 0 Å². The van der Waals surface area contributed by atoms with Crippen LogP contribution in [0, 0.1) is 0 Å². The number of benzene rings is 7. The van der Waals surface area contributed by atoms with E-state index in [9.17, 15) is 0 Å². The molecule has 0 aliphatic rings. The summed E-state index contributed by atoms with van der Waals surface area (Å²) in [5.41, 5.74) is 12.5. The number of hydrogen-bond donors (Lipinski definition) is 0. The van der Waals surface area contributed by atoms with E-state index in [1.165, 1.54) is 55.2 Å². The number of para-hydroxylation sites is 2. The number of rotatable bonds is 4. The van der Waals surface area contributed by atoms with Gasteiger partial charge in [0.1, 0.15) is 11.2 Å². The van der Waals surface area contributed by atoms with Crippen LogP contribution in [0.4, 0.5) is 0 Å². The SMILES string of the molecule is c1ccc(-c2cccc(-c3cccc(-c4ccc5oc6ccc(-n7c8ccccc8c8ccccc87)cc6c5c4)c3)c2)cc1. The maximum atomic E-state index is 6.33. The van der Waals surface area contributed by atoms with Crippen molar-refractivity contribution in [3.05, 3.63) is 164 Å². The lowest BCUT2D eigenvalue weighted by Gasteiger charge is -2.09. The van der Waals surface area contributed by atoms with Crippen LogP contribution >= 0.6 is 0 Å². The summed E-state index contributed by atoms with van der Waals surface area (Å²) in [6, 6.07) is 58.5. The lowest BCUT2D eigenvalue weighted by atomic mass is 9.96. The fourth-order valence-corrected chi connectivity index (χ4v) is 6.67. The summed E-state index contributed by atoms with van der Waals surface area (Å²) in [5.74, 6) is 0. The van der Waals surface area contributed by atoms with E-state index in [-0.39, 0.29) is 0 Å². The van der Waals surface area contributed by atoms with Gasteiger partial charge in [0.15, 0.2) is 0 Å². The zero-order valence-electron chi connectivity index (χ0n) is 23.9. The van der Waals surface area contributed by atoms with Crippen LogP contribution in [0.5, 0.6) is 0 Å². The van der Waals surface area contributed by atoms with Crippen LogP contribution in [-0.4, -0.2) is 4.57 Å². The first-order valence-corrected chi connectivity index (χ1v) is 15.0. The molecule has 0 saturated carbocycles. The summed E-state index contributed by atoms with van der Waals surface area (Å²) in [4.78, 5) is 0. The molecule has 0 aliphatic heterocycles. The van der Waals surface area contributed by atoms with Crippen LogP contribution in [0.15, 0.2) is 168 Å². The molecule has 0 amide bonds. The molecule has 2 heterocycles. The lowest BCUT2D eigenvalue weighted by Crippen LogP contribution is -1.93. The van der Waals surface area contributed by atoms with E-state index in [1.807, 2.05) is 0 Å². The smallest absolute Gasteiger partial charge is 0.135 e. The lowest BCUT2D eigenvalue weighted by molar-refractivity contribution is 0.669. The van der Waals surface area contributed by atoms with Crippen molar-refractivity contribution in [1.29, 1.82) is 0 Å². The van der Waals surface area contributed by atoms with Crippen LogP contribution in [0.3, 0.4) is 0 Å². The molecule has 0 fully saturated rings. The van der Waals surface area contributed by atoms with Crippen molar-refractivity contribution in [3.8, 4) is 39.1 Å². The Balaban J connectivity index is 1.16. The highest BCUT2D eigenvalue weighted by Crippen LogP contribution is 2.37. The van der Waals surface area contributed by atoms with Crippen molar-refractivity contribution in [2.45, 2.75) is 0 Å². The van der Waals surface area contributed by atoms with Crippen LogP contribution in [0.1, 0.15) is 0 Å². The molecule has 0 N–H and O–H groups in total. The molecular formula is C42H27NO. The average molecular weight is 562 g/mol. The van der Waals surface area contributed by atoms with E-state index in [0.29, 0.717) is 0 Å². The van der Waals surface area contributed by atoms with Gasteiger partial charge in [0, 0.05) is 27.2 Å². The minimum Gasteiger partial charge on any atom is -0.456 e. The van der Waals surface area contributed by atoms with Crippen LogP contribution in [0.25, 0.3) is 82.8 Å². The highest BCUT2D eigenvalue weighted by molar-refractivity contribution is 6.11. The minimum atomic E-state index is 0.896. The van der Waals surface area contributed by atoms with Crippen molar-refractivity contribution in [2.24, 2.45) is 0 Å². The number of hydrogen-bond acceptors (Lipinski definition) is 1. The van der Waals surface area contributed by atoms with Crippen LogP contribution < -0.4 is 0 Å². The van der Waals surface area contributed by atoms with Gasteiger partial charge in [-0.1, -0.05) is 109 Å². The summed E-state index contributed by atoms with van der Waals surface area (Å²) in [6.07, 6.45) is 0. The molecule has 0 spiro atoms. The topological polar surface area (TPSA) is 18.1 Å². The van der Waals surface area contributed by atoms with Crippen molar-refractivity contribution in [1.82, 2.24) is 4.57 Å². The zero-order chi connectivity index (χ0) is 29.0. The highest BCUT2D eigenvalue weighted by atomic mass is 16.3. The third-order valence-corrected chi connectivity index (χ3v) is 8.79. The van der Waals surface area contributed by atoms with E-state index < -0.39 is 0 Å². The first kappa shape index (κ1) is 24.7. The van der Waals surface area contributed by atoms with Gasteiger partial charge in [-0.2, -0.15) is 0 Å². The van der Waals surface area contributed by atoms with Gasteiger partial charge in [-0.3, -0.25) is 0 Å². The van der Waals surface area contributed by atoms with Crippen LogP contribution in [-0.2, 0) is 0 Å². The van der Waals surface area contributed by atoms with Crippen LogP contribution in [0.2, 0.25) is 0 Å². The molecule has 44 heavy (non-hydrogen) atoms. The zero-order valence-corrected chi connectivity index (χ0v) is 23.9. The predicted molar refractivity (Wildman–Crippen MR) is 184 cm³/mol. The van der Waals surface area contributed by atoms with Gasteiger partial charge >= 0.3 is 0 Å². The number of furan rings is 1. The quantitative estimate of drug-likeness (QED) is 0.209. The van der Waals surface area contributed by atoms with E-state index >= 15 is 0 Å². The summed E-state index contributed by atoms with van der Waals surface area (Å²) in [5, 5.41) is 4.76. The highest BCUT2D eigenvalue weighted by Gasteiger charge is 2.15. The van der Waals surface area contributed by atoms with E-state index in [2.05, 4.69) is 168 Å². The van der Waals surface area contributed by atoms with Gasteiger partial charge in [0.2, 0.25) is 0 Å². The molecule has 206 valence electrons. The van der Waals surface area contributed by atoms with Gasteiger partial charge < -0.3 is 8.98 Å². The van der Waals surface area contributed by atoms with Gasteiger partial charge in [0.25, 0.3) is 0 Å². The van der Waals surface area contributed by atoms with Crippen molar-refractivity contribution in [2.75, 3.05) is 0 Å². The second kappa shape index (κ2) is 9.86.